The molecular weight excluding hydrogens is 392 g/mol. The van der Waals surface area contributed by atoms with E-state index in [1.807, 2.05) is 19.9 Å². The van der Waals surface area contributed by atoms with Gasteiger partial charge in [-0.05, 0) is 48.7 Å². The number of halogens is 1. The zero-order valence-corrected chi connectivity index (χ0v) is 17.6. The Kier molecular flexibility index (Phi) is 7.93. The smallest absolute Gasteiger partial charge is 0.266 e. The van der Waals surface area contributed by atoms with Crippen LogP contribution >= 0.6 is 11.6 Å². The molecule has 1 N–H and O–H groups in total. The molecule has 152 valence electrons. The quantitative estimate of drug-likeness (QED) is 0.485. The molecular formula is C22H23ClN2O4. The number of methoxy groups -OCH3 is 2. The van der Waals surface area contributed by atoms with E-state index in [9.17, 15) is 10.1 Å². The van der Waals surface area contributed by atoms with Gasteiger partial charge >= 0.3 is 0 Å². The molecule has 0 fully saturated rings. The van der Waals surface area contributed by atoms with Crippen LogP contribution in [-0.4, -0.2) is 26.7 Å². The summed E-state index contributed by atoms with van der Waals surface area (Å²) in [7, 11) is 3.03. The molecule has 0 unspecified atom stereocenters. The van der Waals surface area contributed by atoms with Gasteiger partial charge in [0.2, 0.25) is 0 Å². The number of nitrogens with one attached hydrogen (secondary N) is 1. The van der Waals surface area contributed by atoms with Crippen LogP contribution in [-0.2, 0) is 4.79 Å². The Labute approximate surface area is 175 Å². The number of anilines is 1. The fraction of sp³-hybridized carbons (Fsp3) is 0.273. The van der Waals surface area contributed by atoms with Crippen molar-refractivity contribution in [1.82, 2.24) is 0 Å². The van der Waals surface area contributed by atoms with Gasteiger partial charge in [0.25, 0.3) is 5.91 Å². The molecule has 0 spiro atoms. The van der Waals surface area contributed by atoms with Crippen LogP contribution in [0.2, 0.25) is 5.02 Å². The summed E-state index contributed by atoms with van der Waals surface area (Å²) in [5.41, 5.74) is 1.79. The number of ether oxygens (including phenoxy) is 3. The average Bonchev–Trinajstić information content (AvgIpc) is 2.72. The number of amides is 1. The van der Waals surface area contributed by atoms with Gasteiger partial charge in [-0.25, -0.2) is 0 Å². The van der Waals surface area contributed by atoms with Crippen LogP contribution in [0.1, 0.15) is 24.5 Å². The predicted octanol–water partition coefficient (Wildman–Crippen LogP) is 5.00. The summed E-state index contributed by atoms with van der Waals surface area (Å²) in [5.74, 6) is 0.987. The Bertz CT molecular complexity index is 964. The van der Waals surface area contributed by atoms with Crippen molar-refractivity contribution >= 4 is 29.3 Å². The van der Waals surface area contributed by atoms with Crippen LogP contribution in [0, 0.1) is 18.3 Å². The summed E-state index contributed by atoms with van der Waals surface area (Å²) in [4.78, 5) is 12.6. The summed E-state index contributed by atoms with van der Waals surface area (Å²) in [6.07, 6.45) is 2.33. The average molecular weight is 415 g/mol. The van der Waals surface area contributed by atoms with Crippen molar-refractivity contribution in [1.29, 1.82) is 5.26 Å². The third-order valence-corrected chi connectivity index (χ3v) is 4.46. The third-order valence-electron chi connectivity index (χ3n) is 4.05. The molecule has 1 amide bonds. The minimum atomic E-state index is -0.556. The van der Waals surface area contributed by atoms with Gasteiger partial charge in [0.15, 0.2) is 11.5 Å². The second-order valence-corrected chi connectivity index (χ2v) is 6.59. The van der Waals surface area contributed by atoms with E-state index in [0.717, 1.165) is 12.0 Å². The first kappa shape index (κ1) is 22.1. The second kappa shape index (κ2) is 10.4. The van der Waals surface area contributed by atoms with E-state index in [2.05, 4.69) is 5.32 Å². The number of rotatable bonds is 8. The number of aryl methyl sites for hydroxylation is 1. The standard InChI is InChI=1S/C22H23ClN2O4/c1-5-8-29-21-11-15(6-7-19(21)27-3)10-16(13-24)22(26)25-18-9-14(2)17(23)12-20(18)28-4/h6-7,9-12H,5,8H2,1-4H3,(H,25,26). The van der Waals surface area contributed by atoms with E-state index in [4.69, 9.17) is 25.8 Å². The maximum Gasteiger partial charge on any atom is 0.266 e. The van der Waals surface area contributed by atoms with Gasteiger partial charge in [0, 0.05) is 11.1 Å². The summed E-state index contributed by atoms with van der Waals surface area (Å²) in [6.45, 7) is 4.35. The summed E-state index contributed by atoms with van der Waals surface area (Å²) >= 11 is 6.10. The van der Waals surface area contributed by atoms with Gasteiger partial charge in [-0.15, -0.1) is 0 Å². The molecule has 0 aliphatic carbocycles. The molecule has 0 aromatic heterocycles. The zero-order chi connectivity index (χ0) is 21.4. The first-order chi connectivity index (χ1) is 13.9. The summed E-state index contributed by atoms with van der Waals surface area (Å²) in [6, 6.07) is 10.4. The Balaban J connectivity index is 2.31. The molecule has 29 heavy (non-hydrogen) atoms. The largest absolute Gasteiger partial charge is 0.495 e. The molecule has 0 radical (unpaired) electrons. The zero-order valence-electron chi connectivity index (χ0n) is 16.8. The molecule has 0 saturated heterocycles. The van der Waals surface area contributed by atoms with Crippen molar-refractivity contribution < 1.29 is 19.0 Å². The lowest BCUT2D eigenvalue weighted by Gasteiger charge is -2.12. The van der Waals surface area contributed by atoms with Crippen LogP contribution in [0.4, 0.5) is 5.69 Å². The minimum Gasteiger partial charge on any atom is -0.495 e. The Morgan fingerprint density at radius 1 is 1.17 bits per heavy atom. The number of carbonyl (C=O) groups excluding carboxylic acids is 1. The van der Waals surface area contributed by atoms with Gasteiger partial charge in [-0.3, -0.25) is 4.79 Å². The highest BCUT2D eigenvalue weighted by Crippen LogP contribution is 2.32. The Morgan fingerprint density at radius 2 is 1.90 bits per heavy atom. The van der Waals surface area contributed by atoms with Crippen molar-refractivity contribution in [2.45, 2.75) is 20.3 Å². The van der Waals surface area contributed by atoms with E-state index in [1.165, 1.54) is 13.2 Å². The van der Waals surface area contributed by atoms with Crippen molar-refractivity contribution in [3.63, 3.8) is 0 Å². The molecule has 2 aromatic carbocycles. The molecule has 0 heterocycles. The molecule has 0 saturated carbocycles. The molecule has 0 aliphatic rings. The number of nitrogens with zero attached hydrogens (tertiary/aromatic N) is 1. The maximum absolute atomic E-state index is 12.6. The fourth-order valence-electron chi connectivity index (χ4n) is 2.54. The highest BCUT2D eigenvalue weighted by molar-refractivity contribution is 6.31. The van der Waals surface area contributed by atoms with Crippen molar-refractivity contribution in [2.75, 3.05) is 26.1 Å². The first-order valence-corrected chi connectivity index (χ1v) is 9.39. The van der Waals surface area contributed by atoms with E-state index in [-0.39, 0.29) is 5.57 Å². The van der Waals surface area contributed by atoms with Crippen molar-refractivity contribution in [3.8, 4) is 23.3 Å². The Morgan fingerprint density at radius 3 is 2.52 bits per heavy atom. The minimum absolute atomic E-state index is 0.0636. The number of carbonyl (C=O) groups is 1. The highest BCUT2D eigenvalue weighted by atomic mass is 35.5. The van der Waals surface area contributed by atoms with Crippen LogP contribution in [0.15, 0.2) is 35.9 Å². The lowest BCUT2D eigenvalue weighted by Crippen LogP contribution is -2.14. The fourth-order valence-corrected chi connectivity index (χ4v) is 2.70. The number of hydrogen-bond acceptors (Lipinski definition) is 5. The van der Waals surface area contributed by atoms with Crippen LogP contribution in [0.25, 0.3) is 6.08 Å². The van der Waals surface area contributed by atoms with Crippen molar-refractivity contribution in [2.24, 2.45) is 0 Å². The summed E-state index contributed by atoms with van der Waals surface area (Å²) in [5, 5.41) is 12.7. The number of hydrogen-bond donors (Lipinski definition) is 1. The van der Waals surface area contributed by atoms with Gasteiger partial charge < -0.3 is 19.5 Å². The van der Waals surface area contributed by atoms with E-state index in [1.54, 1.807) is 37.4 Å². The molecule has 7 heteroatoms. The van der Waals surface area contributed by atoms with Crippen LogP contribution in [0.5, 0.6) is 17.2 Å². The highest BCUT2D eigenvalue weighted by Gasteiger charge is 2.15. The van der Waals surface area contributed by atoms with Crippen LogP contribution in [0.3, 0.4) is 0 Å². The molecule has 0 atom stereocenters. The van der Waals surface area contributed by atoms with Gasteiger partial charge in [-0.1, -0.05) is 24.6 Å². The second-order valence-electron chi connectivity index (χ2n) is 6.18. The topological polar surface area (TPSA) is 80.6 Å². The van der Waals surface area contributed by atoms with E-state index in [0.29, 0.717) is 40.1 Å². The lowest BCUT2D eigenvalue weighted by molar-refractivity contribution is -0.112. The van der Waals surface area contributed by atoms with E-state index < -0.39 is 5.91 Å². The SMILES string of the molecule is CCCOc1cc(C=C(C#N)C(=O)Nc2cc(C)c(Cl)cc2OC)ccc1OC. The lowest BCUT2D eigenvalue weighted by atomic mass is 10.1. The molecule has 6 nitrogen and oxygen atoms in total. The van der Waals surface area contributed by atoms with E-state index >= 15 is 0 Å². The molecule has 2 aromatic rings. The summed E-state index contributed by atoms with van der Waals surface area (Å²) < 4.78 is 16.2. The third kappa shape index (κ3) is 5.66. The predicted molar refractivity (Wildman–Crippen MR) is 114 cm³/mol. The Hall–Kier alpha value is -3.17. The monoisotopic (exact) mass is 414 g/mol. The van der Waals surface area contributed by atoms with Gasteiger partial charge in [0.05, 0.1) is 26.5 Å². The maximum atomic E-state index is 12.6. The normalized spacial score (nSPS) is 10.8. The molecule has 2 rings (SSSR count). The first-order valence-electron chi connectivity index (χ1n) is 9.01. The molecule has 0 aliphatic heterocycles. The number of benzene rings is 2. The van der Waals surface area contributed by atoms with Gasteiger partial charge in [0.1, 0.15) is 17.4 Å². The van der Waals surface area contributed by atoms with Gasteiger partial charge in [-0.2, -0.15) is 5.26 Å². The number of nitriles is 1. The van der Waals surface area contributed by atoms with Crippen molar-refractivity contribution in [3.05, 3.63) is 52.1 Å². The van der Waals surface area contributed by atoms with Crippen LogP contribution < -0.4 is 19.5 Å². The molecule has 0 bridgehead atoms.